The van der Waals surface area contributed by atoms with Gasteiger partial charge in [-0.1, -0.05) is 30.4 Å². The maximum absolute atomic E-state index is 12.8. The van der Waals surface area contributed by atoms with Crippen LogP contribution in [0.3, 0.4) is 0 Å². The van der Waals surface area contributed by atoms with Gasteiger partial charge < -0.3 is 19.7 Å². The Balaban J connectivity index is 1.87. The van der Waals surface area contributed by atoms with E-state index in [1.165, 1.54) is 0 Å². The Labute approximate surface area is 201 Å². The SMILES string of the molecule is CCOC(=O)c1nn(-c2ccccc2)cc1[C@H]1NC(=O)[C@H](C#N)C(=S)N1c1ccc(OC)cc1. The maximum atomic E-state index is 12.8. The zero-order valence-corrected chi connectivity index (χ0v) is 19.3. The number of hydrogen-bond donors (Lipinski definition) is 1. The number of nitriles is 1. The molecule has 1 aliphatic heterocycles. The third-order valence-electron chi connectivity index (χ3n) is 5.29. The van der Waals surface area contributed by atoms with Gasteiger partial charge in [-0.3, -0.25) is 4.79 Å². The van der Waals surface area contributed by atoms with Crippen LogP contribution in [0.5, 0.6) is 5.75 Å². The summed E-state index contributed by atoms with van der Waals surface area (Å²) in [5.41, 5.74) is 1.74. The van der Waals surface area contributed by atoms with Gasteiger partial charge in [0.05, 0.1) is 25.5 Å². The average molecular weight is 476 g/mol. The zero-order chi connectivity index (χ0) is 24.2. The van der Waals surface area contributed by atoms with Gasteiger partial charge in [0.15, 0.2) is 11.6 Å². The number of anilines is 1. The number of para-hydroxylation sites is 1. The van der Waals surface area contributed by atoms with E-state index in [-0.39, 0.29) is 17.3 Å². The van der Waals surface area contributed by atoms with Crippen LogP contribution in [0, 0.1) is 17.2 Å². The average Bonchev–Trinajstić information content (AvgIpc) is 3.30. The lowest BCUT2D eigenvalue weighted by molar-refractivity contribution is -0.123. The predicted molar refractivity (Wildman–Crippen MR) is 128 cm³/mol. The van der Waals surface area contributed by atoms with Gasteiger partial charge in [0.1, 0.15) is 16.9 Å². The van der Waals surface area contributed by atoms with E-state index < -0.39 is 24.0 Å². The fourth-order valence-corrected chi connectivity index (χ4v) is 4.04. The van der Waals surface area contributed by atoms with E-state index in [4.69, 9.17) is 21.7 Å². The van der Waals surface area contributed by atoms with Gasteiger partial charge in [-0.15, -0.1) is 0 Å². The fraction of sp³-hybridized carbons (Fsp3) is 0.208. The van der Waals surface area contributed by atoms with E-state index in [0.717, 1.165) is 5.69 Å². The van der Waals surface area contributed by atoms with E-state index >= 15 is 0 Å². The Bertz CT molecular complexity index is 1270. The molecule has 172 valence electrons. The molecule has 1 saturated heterocycles. The number of ether oxygens (including phenoxy) is 2. The minimum absolute atomic E-state index is 0.0349. The summed E-state index contributed by atoms with van der Waals surface area (Å²) in [6.07, 6.45) is 0.758. The number of thiocarbonyl (C=S) groups is 1. The lowest BCUT2D eigenvalue weighted by atomic mass is 10.0. The van der Waals surface area contributed by atoms with Crippen LogP contribution < -0.4 is 15.0 Å². The van der Waals surface area contributed by atoms with Crippen LogP contribution in [-0.4, -0.2) is 40.4 Å². The minimum atomic E-state index is -1.16. The molecule has 0 radical (unpaired) electrons. The number of carbonyl (C=O) groups excluding carboxylic acids is 2. The second-order valence-electron chi connectivity index (χ2n) is 7.31. The third kappa shape index (κ3) is 4.21. The molecule has 9 nitrogen and oxygen atoms in total. The quantitative estimate of drug-likeness (QED) is 0.428. The smallest absolute Gasteiger partial charge is 0.359 e. The van der Waals surface area contributed by atoms with E-state index in [1.54, 1.807) is 54.1 Å². The number of nitrogens with one attached hydrogen (secondary N) is 1. The van der Waals surface area contributed by atoms with Crippen LogP contribution in [0.1, 0.15) is 29.1 Å². The van der Waals surface area contributed by atoms with Gasteiger partial charge in [-0.2, -0.15) is 10.4 Å². The number of amides is 1. The van der Waals surface area contributed by atoms with E-state index in [9.17, 15) is 14.9 Å². The molecule has 0 saturated carbocycles. The normalized spacial score (nSPS) is 17.6. The van der Waals surface area contributed by atoms with Gasteiger partial charge in [-0.05, 0) is 43.3 Å². The number of hydrogen-bond acceptors (Lipinski definition) is 7. The number of methoxy groups -OCH3 is 1. The molecule has 2 aromatic carbocycles. The molecular weight excluding hydrogens is 454 g/mol. The van der Waals surface area contributed by atoms with Crippen molar-refractivity contribution in [3.8, 4) is 17.5 Å². The van der Waals surface area contributed by atoms with Crippen LogP contribution >= 0.6 is 12.2 Å². The van der Waals surface area contributed by atoms with Crippen molar-refractivity contribution in [3.63, 3.8) is 0 Å². The molecule has 0 bridgehead atoms. The summed E-state index contributed by atoms with van der Waals surface area (Å²) >= 11 is 5.57. The Hall–Kier alpha value is -4.23. The Morgan fingerprint density at radius 2 is 1.88 bits per heavy atom. The summed E-state index contributed by atoms with van der Waals surface area (Å²) in [7, 11) is 1.55. The Kier molecular flexibility index (Phi) is 6.56. The third-order valence-corrected chi connectivity index (χ3v) is 5.72. The van der Waals surface area contributed by atoms with Gasteiger partial charge >= 0.3 is 5.97 Å². The van der Waals surface area contributed by atoms with Gasteiger partial charge in [-0.25, -0.2) is 9.48 Å². The van der Waals surface area contributed by atoms with Crippen molar-refractivity contribution in [1.82, 2.24) is 15.1 Å². The predicted octanol–water partition coefficient (Wildman–Crippen LogP) is 3.16. The highest BCUT2D eigenvalue weighted by Gasteiger charge is 2.42. The molecule has 1 aromatic heterocycles. The highest BCUT2D eigenvalue weighted by Crippen LogP contribution is 2.34. The van der Waals surface area contributed by atoms with Gasteiger partial charge in [0.2, 0.25) is 5.91 Å². The van der Waals surface area contributed by atoms with Crippen molar-refractivity contribution < 1.29 is 19.1 Å². The van der Waals surface area contributed by atoms with Crippen LogP contribution in [-0.2, 0) is 9.53 Å². The number of nitrogens with zero attached hydrogens (tertiary/aromatic N) is 4. The monoisotopic (exact) mass is 475 g/mol. The second kappa shape index (κ2) is 9.72. The first kappa shape index (κ1) is 22.9. The largest absolute Gasteiger partial charge is 0.497 e. The van der Waals surface area contributed by atoms with Gasteiger partial charge in [0.25, 0.3) is 0 Å². The fourth-order valence-electron chi connectivity index (χ4n) is 3.67. The molecule has 1 N–H and O–H groups in total. The van der Waals surface area contributed by atoms with E-state index in [2.05, 4.69) is 10.4 Å². The number of aromatic nitrogens is 2. The zero-order valence-electron chi connectivity index (χ0n) is 18.5. The summed E-state index contributed by atoms with van der Waals surface area (Å²) in [5, 5.41) is 16.8. The summed E-state index contributed by atoms with van der Waals surface area (Å²) in [4.78, 5) is 27.4. The highest BCUT2D eigenvalue weighted by molar-refractivity contribution is 7.80. The molecule has 0 spiro atoms. The molecule has 1 fully saturated rings. The van der Waals surface area contributed by atoms with E-state index in [0.29, 0.717) is 17.0 Å². The van der Waals surface area contributed by atoms with Crippen molar-refractivity contribution in [2.24, 2.45) is 5.92 Å². The van der Waals surface area contributed by atoms with E-state index in [1.807, 2.05) is 36.4 Å². The standard InChI is InChI=1S/C24H21N5O4S/c1-3-33-24(31)20-19(14-28(27-20)15-7-5-4-6-8-15)21-26-22(30)18(13-25)23(34)29(21)16-9-11-17(32-2)12-10-16/h4-12,14,18,21H,3H2,1-2H3,(H,26,30)/t18-,21-/m0/s1. The number of benzene rings is 2. The summed E-state index contributed by atoms with van der Waals surface area (Å²) in [6.45, 7) is 1.86. The summed E-state index contributed by atoms with van der Waals surface area (Å²) in [6, 6.07) is 18.2. The molecule has 4 rings (SSSR count). The maximum Gasteiger partial charge on any atom is 0.359 e. The Morgan fingerprint density at radius 3 is 2.50 bits per heavy atom. The molecule has 2 atom stereocenters. The number of carbonyl (C=O) groups is 2. The minimum Gasteiger partial charge on any atom is -0.497 e. The molecule has 3 aromatic rings. The first-order valence-electron chi connectivity index (χ1n) is 10.5. The number of esters is 1. The van der Waals surface area contributed by atoms with Crippen molar-refractivity contribution in [2.75, 3.05) is 18.6 Å². The van der Waals surface area contributed by atoms with Crippen molar-refractivity contribution in [2.45, 2.75) is 13.1 Å². The molecule has 0 unspecified atom stereocenters. The first-order valence-corrected chi connectivity index (χ1v) is 10.9. The number of rotatable bonds is 6. The molecule has 34 heavy (non-hydrogen) atoms. The molecule has 10 heteroatoms. The highest BCUT2D eigenvalue weighted by atomic mass is 32.1. The van der Waals surface area contributed by atoms with Crippen LogP contribution in [0.15, 0.2) is 60.8 Å². The van der Waals surface area contributed by atoms with Gasteiger partial charge in [0, 0.05) is 17.4 Å². The Morgan fingerprint density at radius 1 is 1.18 bits per heavy atom. The topological polar surface area (TPSA) is 109 Å². The molecule has 1 aliphatic rings. The van der Waals surface area contributed by atoms with Crippen LogP contribution in [0.4, 0.5) is 5.69 Å². The van der Waals surface area contributed by atoms with Crippen molar-refractivity contribution in [3.05, 3.63) is 72.1 Å². The summed E-state index contributed by atoms with van der Waals surface area (Å²) < 4.78 is 12.0. The van der Waals surface area contributed by atoms with Crippen molar-refractivity contribution in [1.29, 1.82) is 5.26 Å². The van der Waals surface area contributed by atoms with Crippen LogP contribution in [0.2, 0.25) is 0 Å². The first-order chi connectivity index (χ1) is 16.5. The molecular formula is C24H21N5O4S. The lowest BCUT2D eigenvalue weighted by Crippen LogP contribution is -2.55. The molecule has 1 amide bonds. The summed E-state index contributed by atoms with van der Waals surface area (Å²) in [5.74, 6) is -1.72. The molecule has 2 heterocycles. The van der Waals surface area contributed by atoms with Crippen molar-refractivity contribution >= 4 is 34.8 Å². The lowest BCUT2D eigenvalue weighted by Gasteiger charge is -2.39. The van der Waals surface area contributed by atoms with Crippen LogP contribution in [0.25, 0.3) is 5.69 Å². The second-order valence-corrected chi connectivity index (χ2v) is 7.73. The molecule has 0 aliphatic carbocycles.